The number of benzene rings is 1. The fourth-order valence-electron chi connectivity index (χ4n) is 1.40. The van der Waals surface area contributed by atoms with Crippen molar-refractivity contribution >= 4 is 5.82 Å². The highest BCUT2D eigenvalue weighted by Gasteiger charge is 2.07. The lowest BCUT2D eigenvalue weighted by Gasteiger charge is -2.02. The number of nitrogens with two attached hydrogens (primary N) is 1. The molecule has 1 aromatic heterocycles. The highest BCUT2D eigenvalue weighted by Crippen LogP contribution is 2.17. The smallest absolute Gasteiger partial charge is 0.327 e. The predicted octanol–water partition coefficient (Wildman–Crippen LogP) is 0.312. The van der Waals surface area contributed by atoms with Crippen molar-refractivity contribution in [3.63, 3.8) is 0 Å². The minimum Gasteiger partial charge on any atom is -0.384 e. The molecule has 1 heterocycles. The van der Waals surface area contributed by atoms with Gasteiger partial charge in [0.25, 0.3) is 5.56 Å². The lowest BCUT2D eigenvalue weighted by atomic mass is 10.1. The Bertz CT molecular complexity index is 584. The van der Waals surface area contributed by atoms with E-state index >= 15 is 0 Å². The zero-order valence-electron chi connectivity index (χ0n) is 7.78. The van der Waals surface area contributed by atoms with E-state index in [4.69, 9.17) is 5.73 Å². The molecule has 0 radical (unpaired) electrons. The van der Waals surface area contributed by atoms with Crippen LogP contribution in [0.5, 0.6) is 0 Å². The normalized spacial score (nSPS) is 10.1. The van der Waals surface area contributed by atoms with Crippen LogP contribution in [0.15, 0.2) is 39.9 Å². The van der Waals surface area contributed by atoms with Crippen molar-refractivity contribution in [2.24, 2.45) is 0 Å². The van der Waals surface area contributed by atoms with Crippen molar-refractivity contribution in [2.75, 3.05) is 5.73 Å². The molecule has 0 fully saturated rings. The third-order valence-electron chi connectivity index (χ3n) is 2.03. The Labute approximate surface area is 84.6 Å². The number of anilines is 1. The first-order valence-corrected chi connectivity index (χ1v) is 4.36. The van der Waals surface area contributed by atoms with Gasteiger partial charge in [-0.25, -0.2) is 4.79 Å². The van der Waals surface area contributed by atoms with E-state index in [1.165, 1.54) is 0 Å². The zero-order chi connectivity index (χ0) is 10.8. The molecule has 1 aromatic carbocycles. The summed E-state index contributed by atoms with van der Waals surface area (Å²) in [6.45, 7) is 0. The molecule has 0 aliphatic heterocycles. The summed E-state index contributed by atoms with van der Waals surface area (Å²) in [6, 6.07) is 8.91. The third kappa shape index (κ3) is 1.67. The Morgan fingerprint density at radius 1 is 1.00 bits per heavy atom. The van der Waals surface area contributed by atoms with E-state index in [-0.39, 0.29) is 11.4 Å². The molecule has 15 heavy (non-hydrogen) atoms. The Kier molecular flexibility index (Phi) is 2.13. The average Bonchev–Trinajstić information content (AvgIpc) is 2.17. The van der Waals surface area contributed by atoms with Crippen LogP contribution in [-0.2, 0) is 0 Å². The second kappa shape index (κ2) is 3.45. The van der Waals surface area contributed by atoms with Gasteiger partial charge in [0.1, 0.15) is 5.82 Å². The van der Waals surface area contributed by atoms with E-state index in [2.05, 4.69) is 9.97 Å². The maximum absolute atomic E-state index is 11.5. The molecule has 0 aliphatic carbocycles. The summed E-state index contributed by atoms with van der Waals surface area (Å²) in [5.41, 5.74) is 5.46. The highest BCUT2D eigenvalue weighted by atomic mass is 16.2. The van der Waals surface area contributed by atoms with E-state index in [1.54, 1.807) is 24.3 Å². The number of rotatable bonds is 1. The summed E-state index contributed by atoms with van der Waals surface area (Å²) in [4.78, 5) is 26.9. The van der Waals surface area contributed by atoms with Gasteiger partial charge in [0.2, 0.25) is 0 Å². The first kappa shape index (κ1) is 9.26. The van der Waals surface area contributed by atoms with Gasteiger partial charge in [-0.05, 0) is 5.56 Å². The SMILES string of the molecule is Nc1[nH]c(=O)[nH]c(=O)c1-c1ccccc1. The molecule has 4 N–H and O–H groups in total. The predicted molar refractivity (Wildman–Crippen MR) is 57.5 cm³/mol. The van der Waals surface area contributed by atoms with E-state index in [0.717, 1.165) is 0 Å². The maximum Gasteiger partial charge on any atom is 0.327 e. The molecule has 0 aliphatic rings. The molecule has 0 atom stereocenters. The van der Waals surface area contributed by atoms with Gasteiger partial charge in [-0.3, -0.25) is 14.8 Å². The number of hydrogen-bond acceptors (Lipinski definition) is 3. The summed E-state index contributed by atoms with van der Waals surface area (Å²) in [7, 11) is 0. The molecule has 0 spiro atoms. The molecule has 5 heteroatoms. The fourth-order valence-corrected chi connectivity index (χ4v) is 1.40. The van der Waals surface area contributed by atoms with Crippen LogP contribution in [-0.4, -0.2) is 9.97 Å². The minimum atomic E-state index is -0.600. The van der Waals surface area contributed by atoms with E-state index in [9.17, 15) is 9.59 Å². The van der Waals surface area contributed by atoms with E-state index in [1.807, 2.05) is 6.07 Å². The third-order valence-corrected chi connectivity index (χ3v) is 2.03. The Hall–Kier alpha value is -2.30. The maximum atomic E-state index is 11.5. The van der Waals surface area contributed by atoms with E-state index in [0.29, 0.717) is 5.56 Å². The first-order valence-electron chi connectivity index (χ1n) is 4.36. The molecular formula is C10H9N3O2. The summed E-state index contributed by atoms with van der Waals surface area (Å²) in [5, 5.41) is 0. The van der Waals surface area contributed by atoms with Crippen LogP contribution in [0.25, 0.3) is 11.1 Å². The van der Waals surface area contributed by atoms with Gasteiger partial charge in [-0.15, -0.1) is 0 Å². The van der Waals surface area contributed by atoms with E-state index < -0.39 is 11.2 Å². The van der Waals surface area contributed by atoms with Gasteiger partial charge in [0, 0.05) is 0 Å². The fraction of sp³-hybridized carbons (Fsp3) is 0. The minimum absolute atomic E-state index is 0.0787. The number of H-pyrrole nitrogens is 2. The molecule has 0 bridgehead atoms. The van der Waals surface area contributed by atoms with Crippen molar-refractivity contribution in [3.05, 3.63) is 51.2 Å². The number of hydrogen-bond donors (Lipinski definition) is 3. The van der Waals surface area contributed by atoms with Crippen molar-refractivity contribution in [2.45, 2.75) is 0 Å². The molecule has 0 saturated heterocycles. The summed E-state index contributed by atoms with van der Waals surface area (Å²) in [6.07, 6.45) is 0. The van der Waals surface area contributed by atoms with Gasteiger partial charge >= 0.3 is 5.69 Å². The number of aromatic amines is 2. The van der Waals surface area contributed by atoms with Crippen molar-refractivity contribution in [1.82, 2.24) is 9.97 Å². The van der Waals surface area contributed by atoms with Crippen molar-refractivity contribution < 1.29 is 0 Å². The molecule has 0 saturated carbocycles. The number of nitrogen functional groups attached to an aromatic ring is 1. The van der Waals surface area contributed by atoms with Gasteiger partial charge in [-0.2, -0.15) is 0 Å². The van der Waals surface area contributed by atoms with Crippen LogP contribution in [0, 0.1) is 0 Å². The standard InChI is InChI=1S/C10H9N3O2/c11-8-7(6-4-2-1-3-5-6)9(14)13-10(15)12-8/h1-5H,(H4,11,12,13,14,15). The van der Waals surface area contributed by atoms with Gasteiger partial charge in [0.05, 0.1) is 5.56 Å². The summed E-state index contributed by atoms with van der Waals surface area (Å²) >= 11 is 0. The topological polar surface area (TPSA) is 91.7 Å². The molecule has 76 valence electrons. The van der Waals surface area contributed by atoms with Crippen LogP contribution >= 0.6 is 0 Å². The summed E-state index contributed by atoms with van der Waals surface area (Å²) < 4.78 is 0. The number of aromatic nitrogens is 2. The second-order valence-electron chi connectivity index (χ2n) is 3.06. The lowest BCUT2D eigenvalue weighted by Crippen LogP contribution is -2.25. The van der Waals surface area contributed by atoms with Crippen LogP contribution < -0.4 is 17.0 Å². The molecule has 0 unspecified atom stereocenters. The lowest BCUT2D eigenvalue weighted by molar-refractivity contribution is 1.05. The second-order valence-corrected chi connectivity index (χ2v) is 3.06. The number of nitrogens with one attached hydrogen (secondary N) is 2. The first-order chi connectivity index (χ1) is 7.18. The molecule has 2 rings (SSSR count). The Morgan fingerprint density at radius 2 is 1.67 bits per heavy atom. The molecule has 2 aromatic rings. The summed E-state index contributed by atoms with van der Waals surface area (Å²) in [5.74, 6) is 0.0787. The van der Waals surface area contributed by atoms with Gasteiger partial charge in [0.15, 0.2) is 0 Å². The Morgan fingerprint density at radius 3 is 2.27 bits per heavy atom. The molecule has 0 amide bonds. The van der Waals surface area contributed by atoms with Crippen molar-refractivity contribution in [3.8, 4) is 11.1 Å². The molecule has 5 nitrogen and oxygen atoms in total. The van der Waals surface area contributed by atoms with Gasteiger partial charge < -0.3 is 5.73 Å². The zero-order valence-corrected chi connectivity index (χ0v) is 7.78. The van der Waals surface area contributed by atoms with Crippen LogP contribution in [0.4, 0.5) is 5.82 Å². The highest BCUT2D eigenvalue weighted by molar-refractivity contribution is 5.72. The Balaban J connectivity index is 2.75. The van der Waals surface area contributed by atoms with Crippen LogP contribution in [0.3, 0.4) is 0 Å². The average molecular weight is 203 g/mol. The molecular weight excluding hydrogens is 194 g/mol. The van der Waals surface area contributed by atoms with Gasteiger partial charge in [-0.1, -0.05) is 30.3 Å². The largest absolute Gasteiger partial charge is 0.384 e. The monoisotopic (exact) mass is 203 g/mol. The quantitative estimate of drug-likeness (QED) is 0.623. The van der Waals surface area contributed by atoms with Crippen LogP contribution in [0.2, 0.25) is 0 Å². The van der Waals surface area contributed by atoms with Crippen molar-refractivity contribution in [1.29, 1.82) is 0 Å². The van der Waals surface area contributed by atoms with Crippen LogP contribution in [0.1, 0.15) is 0 Å².